The van der Waals surface area contributed by atoms with Gasteiger partial charge >= 0.3 is 5.91 Å². The quantitative estimate of drug-likeness (QED) is 0.376. The van der Waals surface area contributed by atoms with E-state index in [2.05, 4.69) is 0 Å². The number of hydrogen-bond acceptors (Lipinski definition) is 2. The molecule has 3 heteroatoms. The van der Waals surface area contributed by atoms with E-state index in [0.29, 0.717) is 0 Å². The van der Waals surface area contributed by atoms with Gasteiger partial charge in [-0.1, -0.05) is 11.9 Å². The van der Waals surface area contributed by atoms with Crippen LogP contribution < -0.4 is 0 Å². The Kier molecular flexibility index (Phi) is 3.13. The van der Waals surface area contributed by atoms with E-state index in [1.807, 2.05) is 5.92 Å². The molecule has 0 unspecified atom stereocenters. The lowest BCUT2D eigenvalue weighted by atomic mass is 10.6. The smallest absolute Gasteiger partial charge is 0.279 e. The first kappa shape index (κ1) is 7.38. The van der Waals surface area contributed by atoms with Crippen LogP contribution in [0.15, 0.2) is 0 Å². The normalized spacial score (nSPS) is 7.62. The number of rotatable bonds is 1. The maximum absolute atomic E-state index is 10.4. The summed E-state index contributed by atoms with van der Waals surface area (Å²) < 4.78 is 1.39. The van der Waals surface area contributed by atoms with E-state index in [1.54, 1.807) is 13.3 Å². The average molecular weight is 129 g/mol. The highest BCUT2D eigenvalue weighted by Crippen LogP contribution is 1.98. The number of carbonyl (C=O) groups is 1. The Morgan fingerprint density at radius 2 is 2.38 bits per heavy atom. The number of nitrogens with zero attached hydrogens (tertiary/aromatic N) is 1. The monoisotopic (exact) mass is 129 g/mol. The van der Waals surface area contributed by atoms with Crippen LogP contribution in [0.25, 0.3) is 0 Å². The summed E-state index contributed by atoms with van der Waals surface area (Å²) in [5.41, 5.74) is 0. The van der Waals surface area contributed by atoms with Crippen LogP contribution in [0.3, 0.4) is 0 Å². The van der Waals surface area contributed by atoms with Gasteiger partial charge in [-0.25, -0.2) is 0 Å². The van der Waals surface area contributed by atoms with Gasteiger partial charge < -0.3 is 0 Å². The van der Waals surface area contributed by atoms with Crippen molar-refractivity contribution >= 4 is 17.9 Å². The van der Waals surface area contributed by atoms with E-state index in [9.17, 15) is 4.79 Å². The molecule has 0 spiro atoms. The van der Waals surface area contributed by atoms with Crippen LogP contribution in [-0.4, -0.2) is 23.5 Å². The Morgan fingerprint density at radius 1 is 1.88 bits per heavy atom. The summed E-state index contributed by atoms with van der Waals surface area (Å²) in [7, 11) is 1.63. The molecule has 0 atom stereocenters. The number of terminal acetylenes is 1. The molecular formula is C5H7NOS. The Balaban J connectivity index is 3.68. The molecule has 0 aromatic heterocycles. The molecule has 2 nitrogen and oxygen atoms in total. The Morgan fingerprint density at radius 3 is 2.50 bits per heavy atom. The molecule has 0 aliphatic rings. The topological polar surface area (TPSA) is 20.3 Å². The third-order valence-corrected chi connectivity index (χ3v) is 1.40. The molecule has 0 fully saturated rings. The molecule has 0 rings (SSSR count). The van der Waals surface area contributed by atoms with E-state index in [0.717, 1.165) is 0 Å². The Bertz CT molecular complexity index is 127. The summed E-state index contributed by atoms with van der Waals surface area (Å²) in [5.74, 6) is 1.69. The first-order valence-electron chi connectivity index (χ1n) is 2.00. The van der Waals surface area contributed by atoms with Gasteiger partial charge in [0.25, 0.3) is 0 Å². The third-order valence-electron chi connectivity index (χ3n) is 0.683. The van der Waals surface area contributed by atoms with Crippen LogP contribution in [-0.2, 0) is 4.79 Å². The van der Waals surface area contributed by atoms with Gasteiger partial charge in [0.05, 0.1) is 0 Å². The molecule has 1 amide bonds. The van der Waals surface area contributed by atoms with E-state index in [1.165, 1.54) is 16.3 Å². The molecule has 44 valence electrons. The van der Waals surface area contributed by atoms with Crippen molar-refractivity contribution in [3.63, 3.8) is 0 Å². The van der Waals surface area contributed by atoms with Gasteiger partial charge in [0, 0.05) is 13.3 Å². The van der Waals surface area contributed by atoms with Gasteiger partial charge in [0.2, 0.25) is 0 Å². The lowest BCUT2D eigenvalue weighted by molar-refractivity contribution is -0.119. The van der Waals surface area contributed by atoms with Gasteiger partial charge in [-0.3, -0.25) is 9.10 Å². The third kappa shape index (κ3) is 1.90. The van der Waals surface area contributed by atoms with Gasteiger partial charge in [0.1, 0.15) is 0 Å². The van der Waals surface area contributed by atoms with Crippen molar-refractivity contribution in [1.82, 2.24) is 4.31 Å². The number of carbonyl (C=O) groups excluding carboxylic acids is 1. The molecule has 0 saturated heterocycles. The summed E-state index contributed by atoms with van der Waals surface area (Å²) in [6.07, 6.45) is 6.58. The van der Waals surface area contributed by atoms with Crippen molar-refractivity contribution in [1.29, 1.82) is 0 Å². The fourth-order valence-corrected chi connectivity index (χ4v) is 0.392. The highest BCUT2D eigenvalue weighted by Gasteiger charge is 1.99. The Hall–Kier alpha value is -0.620. The van der Waals surface area contributed by atoms with Gasteiger partial charge in [0.15, 0.2) is 0 Å². The van der Waals surface area contributed by atoms with Crippen LogP contribution in [0.5, 0.6) is 0 Å². The van der Waals surface area contributed by atoms with E-state index >= 15 is 0 Å². The molecule has 0 aromatic carbocycles. The van der Waals surface area contributed by atoms with Gasteiger partial charge in [-0.05, 0) is 5.92 Å². The Labute approximate surface area is 53.4 Å². The largest absolute Gasteiger partial charge is 0.307 e. The predicted molar refractivity (Wildman–Crippen MR) is 35.1 cm³/mol. The summed E-state index contributed by atoms with van der Waals surface area (Å²) in [6, 6.07) is 0. The second-order valence-corrected chi connectivity index (χ2v) is 2.04. The van der Waals surface area contributed by atoms with E-state index < -0.39 is 0 Å². The zero-order valence-corrected chi connectivity index (χ0v) is 5.66. The summed E-state index contributed by atoms with van der Waals surface area (Å²) in [4.78, 5) is 10.4. The van der Waals surface area contributed by atoms with Crippen LogP contribution in [0.1, 0.15) is 0 Å². The van der Waals surface area contributed by atoms with Crippen LogP contribution in [0.2, 0.25) is 0 Å². The standard InChI is InChI=1S/C5H7NOS/c1-4-5(7)6(2)8-3/h1H,2-3H3. The highest BCUT2D eigenvalue weighted by atomic mass is 32.2. The molecule has 0 aliphatic heterocycles. The SMILES string of the molecule is C#CC(=O)N(C)SC. The minimum absolute atomic E-state index is 0.294. The van der Waals surface area contributed by atoms with Crippen molar-refractivity contribution in [2.45, 2.75) is 0 Å². The summed E-state index contributed by atoms with van der Waals surface area (Å²) in [6.45, 7) is 0. The summed E-state index contributed by atoms with van der Waals surface area (Å²) in [5, 5.41) is 0. The number of amides is 1. The summed E-state index contributed by atoms with van der Waals surface area (Å²) >= 11 is 1.30. The molecule has 0 radical (unpaired) electrons. The molecular weight excluding hydrogens is 122 g/mol. The van der Waals surface area contributed by atoms with Crippen molar-refractivity contribution in [3.05, 3.63) is 0 Å². The van der Waals surface area contributed by atoms with Crippen LogP contribution in [0.4, 0.5) is 0 Å². The minimum Gasteiger partial charge on any atom is -0.279 e. The second kappa shape index (κ2) is 3.39. The van der Waals surface area contributed by atoms with Gasteiger partial charge in [-0.15, -0.1) is 6.42 Å². The van der Waals surface area contributed by atoms with E-state index in [-0.39, 0.29) is 5.91 Å². The lowest BCUT2D eigenvalue weighted by Gasteiger charge is -2.06. The lowest BCUT2D eigenvalue weighted by Crippen LogP contribution is -2.15. The van der Waals surface area contributed by atoms with Crippen molar-refractivity contribution in [3.8, 4) is 12.3 Å². The molecule has 0 N–H and O–H groups in total. The zero-order valence-electron chi connectivity index (χ0n) is 4.84. The van der Waals surface area contributed by atoms with Gasteiger partial charge in [-0.2, -0.15) is 0 Å². The molecule has 0 heterocycles. The second-order valence-electron chi connectivity index (χ2n) is 1.13. The fraction of sp³-hybridized carbons (Fsp3) is 0.400. The maximum Gasteiger partial charge on any atom is 0.307 e. The molecule has 0 saturated carbocycles. The molecule has 8 heavy (non-hydrogen) atoms. The maximum atomic E-state index is 10.4. The minimum atomic E-state index is -0.294. The molecule has 0 aliphatic carbocycles. The van der Waals surface area contributed by atoms with Crippen molar-refractivity contribution in [2.24, 2.45) is 0 Å². The molecule has 0 aromatic rings. The first-order chi connectivity index (χ1) is 3.72. The molecule has 0 bridgehead atoms. The van der Waals surface area contributed by atoms with Crippen LogP contribution in [0, 0.1) is 12.3 Å². The van der Waals surface area contributed by atoms with Crippen molar-refractivity contribution in [2.75, 3.05) is 13.3 Å². The zero-order chi connectivity index (χ0) is 6.57. The highest BCUT2D eigenvalue weighted by molar-refractivity contribution is 7.96. The number of hydrogen-bond donors (Lipinski definition) is 0. The predicted octanol–water partition coefficient (Wildman–Crippen LogP) is 0.356. The fourth-order valence-electron chi connectivity index (χ4n) is 0.174. The average Bonchev–Trinajstić information content (AvgIpc) is 1.84. The first-order valence-corrected chi connectivity index (χ1v) is 3.19. The van der Waals surface area contributed by atoms with Crippen molar-refractivity contribution < 1.29 is 4.79 Å². The van der Waals surface area contributed by atoms with E-state index in [4.69, 9.17) is 6.42 Å². The van der Waals surface area contributed by atoms with Crippen LogP contribution >= 0.6 is 11.9 Å².